The summed E-state index contributed by atoms with van der Waals surface area (Å²) in [6.45, 7) is 5.84. The Morgan fingerprint density at radius 3 is 2.45 bits per heavy atom. The maximum Gasteiger partial charge on any atom is 0.133 e. The fourth-order valence-electron chi connectivity index (χ4n) is 0.774. The number of ketones is 1. The molecule has 0 amide bonds. The third-order valence-electron chi connectivity index (χ3n) is 1.48. The molecule has 11 heavy (non-hydrogen) atoms. The van der Waals surface area contributed by atoms with E-state index >= 15 is 0 Å². The van der Waals surface area contributed by atoms with E-state index in [1.807, 2.05) is 0 Å². The summed E-state index contributed by atoms with van der Waals surface area (Å²) in [4.78, 5) is 11.1. The highest BCUT2D eigenvalue weighted by Crippen LogP contribution is 2.11. The Labute approximate surface area is 82.4 Å². The number of Topliss-reactive ketones (excluding diaryl/α,β-unsaturated/α-hetero) is 1. The fraction of sp³-hybridized carbons (Fsp3) is 0.667. The molecule has 0 aliphatic carbocycles. The summed E-state index contributed by atoms with van der Waals surface area (Å²) in [5, 5.41) is 0. The predicted molar refractivity (Wildman–Crippen MR) is 56.9 cm³/mol. The van der Waals surface area contributed by atoms with Crippen molar-refractivity contribution >= 4 is 28.4 Å². The van der Waals surface area contributed by atoms with Gasteiger partial charge in [-0.1, -0.05) is 19.9 Å². The molecule has 64 valence electrons. The number of hydrogen-bond donors (Lipinski definition) is 0. The Balaban J connectivity index is 3.30. The molecule has 0 spiro atoms. The quantitative estimate of drug-likeness (QED) is 0.673. The lowest BCUT2D eigenvalue weighted by atomic mass is 10.1. The number of halogens is 1. The van der Waals surface area contributed by atoms with Crippen LogP contribution >= 0.6 is 22.6 Å². The van der Waals surface area contributed by atoms with E-state index in [1.54, 1.807) is 0 Å². The van der Waals surface area contributed by atoms with Gasteiger partial charge in [0.15, 0.2) is 0 Å². The van der Waals surface area contributed by atoms with Crippen LogP contribution in [0.25, 0.3) is 0 Å². The first-order valence-corrected chi connectivity index (χ1v) is 5.09. The lowest BCUT2D eigenvalue weighted by Gasteiger charge is -1.97. The molecule has 0 fully saturated rings. The summed E-state index contributed by atoms with van der Waals surface area (Å²) in [5.74, 6) is 0.379. The Bertz CT molecular complexity index is 140. The third kappa shape index (κ3) is 8.04. The summed E-state index contributed by atoms with van der Waals surface area (Å²) < 4.78 is 1.08. The van der Waals surface area contributed by atoms with E-state index in [-0.39, 0.29) is 0 Å². The van der Waals surface area contributed by atoms with Gasteiger partial charge in [0.2, 0.25) is 0 Å². The van der Waals surface area contributed by atoms with E-state index in [4.69, 9.17) is 0 Å². The Morgan fingerprint density at radius 2 is 2.00 bits per heavy atom. The molecule has 0 aromatic heterocycles. The van der Waals surface area contributed by atoms with Gasteiger partial charge in [-0.3, -0.25) is 4.79 Å². The molecule has 0 aliphatic heterocycles. The maximum atomic E-state index is 11.1. The molecule has 0 bridgehead atoms. The van der Waals surface area contributed by atoms with Gasteiger partial charge in [-0.15, -0.1) is 0 Å². The summed E-state index contributed by atoms with van der Waals surface area (Å²) >= 11 is 2.17. The monoisotopic (exact) mass is 266 g/mol. The van der Waals surface area contributed by atoms with Gasteiger partial charge in [0.1, 0.15) is 5.78 Å². The largest absolute Gasteiger partial charge is 0.300 e. The fourth-order valence-corrected chi connectivity index (χ4v) is 1.04. The van der Waals surface area contributed by atoms with E-state index in [0.717, 1.165) is 29.3 Å². The molecule has 0 heterocycles. The minimum absolute atomic E-state index is 0.379. The van der Waals surface area contributed by atoms with Gasteiger partial charge >= 0.3 is 0 Å². The molecule has 0 N–H and O–H groups in total. The predicted octanol–water partition coefficient (Wildman–Crippen LogP) is 3.47. The molecule has 0 aromatic carbocycles. The van der Waals surface area contributed by atoms with Crippen LogP contribution in [0, 0.1) is 0 Å². The minimum Gasteiger partial charge on any atom is -0.300 e. The number of rotatable bonds is 6. The van der Waals surface area contributed by atoms with Crippen molar-refractivity contribution in [1.29, 1.82) is 0 Å². The van der Waals surface area contributed by atoms with Crippen LogP contribution in [0.1, 0.15) is 39.0 Å². The molecule has 0 aliphatic rings. The summed E-state index contributed by atoms with van der Waals surface area (Å²) in [6.07, 6.45) is 4.43. The van der Waals surface area contributed by atoms with Crippen LogP contribution in [0.4, 0.5) is 0 Å². The molecule has 2 heteroatoms. The van der Waals surface area contributed by atoms with Crippen molar-refractivity contribution in [2.24, 2.45) is 0 Å². The van der Waals surface area contributed by atoms with Gasteiger partial charge in [0.25, 0.3) is 0 Å². The Morgan fingerprint density at radius 1 is 1.36 bits per heavy atom. The van der Waals surface area contributed by atoms with E-state index < -0.39 is 0 Å². The molecule has 1 nitrogen and oxygen atoms in total. The molecule has 0 unspecified atom stereocenters. The van der Waals surface area contributed by atoms with Gasteiger partial charge < -0.3 is 0 Å². The van der Waals surface area contributed by atoms with Gasteiger partial charge in [-0.25, -0.2) is 0 Å². The van der Waals surface area contributed by atoms with E-state index in [1.165, 1.54) is 0 Å². The second-order valence-electron chi connectivity index (χ2n) is 2.66. The van der Waals surface area contributed by atoms with E-state index in [0.29, 0.717) is 12.2 Å². The molecule has 0 atom stereocenters. The first kappa shape index (κ1) is 11.1. The summed E-state index contributed by atoms with van der Waals surface area (Å²) in [5.41, 5.74) is 0. The highest BCUT2D eigenvalue weighted by molar-refractivity contribution is 14.1. The van der Waals surface area contributed by atoms with Crippen molar-refractivity contribution in [2.75, 3.05) is 0 Å². The molecule has 0 rings (SSSR count). The lowest BCUT2D eigenvalue weighted by Crippen LogP contribution is -1.96. The van der Waals surface area contributed by atoms with E-state index in [2.05, 4.69) is 36.1 Å². The highest BCUT2D eigenvalue weighted by Gasteiger charge is 2.00. The second kappa shape index (κ2) is 6.83. The molecule has 0 saturated heterocycles. The smallest absolute Gasteiger partial charge is 0.133 e. The van der Waals surface area contributed by atoms with Gasteiger partial charge in [-0.05, 0) is 39.0 Å². The average molecular weight is 266 g/mol. The SMILES string of the molecule is C=C(I)CCC(=O)CCCC. The number of carbonyl (C=O) groups is 1. The van der Waals surface area contributed by atoms with Crippen molar-refractivity contribution in [3.63, 3.8) is 0 Å². The number of allylic oxidation sites excluding steroid dienone is 1. The van der Waals surface area contributed by atoms with Crippen LogP contribution < -0.4 is 0 Å². The molecular weight excluding hydrogens is 251 g/mol. The number of carbonyl (C=O) groups excluding carboxylic acids is 1. The van der Waals surface area contributed by atoms with Crippen LogP contribution in [-0.2, 0) is 4.79 Å². The first-order valence-electron chi connectivity index (χ1n) is 4.01. The van der Waals surface area contributed by atoms with Crippen molar-refractivity contribution in [3.8, 4) is 0 Å². The van der Waals surface area contributed by atoms with Crippen molar-refractivity contribution in [3.05, 3.63) is 10.2 Å². The third-order valence-corrected chi connectivity index (χ3v) is 2.02. The molecule has 0 aromatic rings. The van der Waals surface area contributed by atoms with Crippen LogP contribution in [0.2, 0.25) is 0 Å². The van der Waals surface area contributed by atoms with Crippen molar-refractivity contribution < 1.29 is 4.79 Å². The number of hydrogen-bond acceptors (Lipinski definition) is 1. The standard InChI is InChI=1S/C9H15IO/c1-3-4-5-9(11)7-6-8(2)10/h2-7H2,1H3. The van der Waals surface area contributed by atoms with Crippen LogP contribution in [0.5, 0.6) is 0 Å². The van der Waals surface area contributed by atoms with Crippen LogP contribution in [0.15, 0.2) is 10.2 Å². The summed E-state index contributed by atoms with van der Waals surface area (Å²) in [7, 11) is 0. The van der Waals surface area contributed by atoms with Crippen LogP contribution in [-0.4, -0.2) is 5.78 Å². The highest BCUT2D eigenvalue weighted by atomic mass is 127. The van der Waals surface area contributed by atoms with Gasteiger partial charge in [-0.2, -0.15) is 0 Å². The van der Waals surface area contributed by atoms with Crippen molar-refractivity contribution in [1.82, 2.24) is 0 Å². The number of unbranched alkanes of at least 4 members (excludes halogenated alkanes) is 1. The summed E-state index contributed by atoms with van der Waals surface area (Å²) in [6, 6.07) is 0. The zero-order chi connectivity index (χ0) is 8.69. The average Bonchev–Trinajstić information content (AvgIpc) is 1.97. The lowest BCUT2D eigenvalue weighted by molar-refractivity contribution is -0.119. The first-order chi connectivity index (χ1) is 5.16. The Hall–Kier alpha value is 0.140. The van der Waals surface area contributed by atoms with Crippen LogP contribution in [0.3, 0.4) is 0 Å². The van der Waals surface area contributed by atoms with Gasteiger partial charge in [0.05, 0.1) is 0 Å². The molecular formula is C9H15IO. The normalized spacial score (nSPS) is 9.64. The molecule has 0 radical (unpaired) electrons. The Kier molecular flexibility index (Phi) is 6.91. The van der Waals surface area contributed by atoms with Gasteiger partial charge in [0, 0.05) is 12.8 Å². The molecule has 0 saturated carbocycles. The van der Waals surface area contributed by atoms with Crippen molar-refractivity contribution in [2.45, 2.75) is 39.0 Å². The second-order valence-corrected chi connectivity index (χ2v) is 4.19. The maximum absolute atomic E-state index is 11.1. The zero-order valence-corrected chi connectivity index (χ0v) is 9.19. The zero-order valence-electron chi connectivity index (χ0n) is 7.03. The minimum atomic E-state index is 0.379. The topological polar surface area (TPSA) is 17.1 Å². The van der Waals surface area contributed by atoms with E-state index in [9.17, 15) is 4.79 Å².